The highest BCUT2D eigenvalue weighted by atomic mass is 16.5. The number of carbonyl (C=O) groups is 1. The van der Waals surface area contributed by atoms with Crippen molar-refractivity contribution in [2.45, 2.75) is 19.5 Å². The zero-order valence-corrected chi connectivity index (χ0v) is 17.2. The molecule has 1 atom stereocenters. The van der Waals surface area contributed by atoms with Gasteiger partial charge < -0.3 is 24.3 Å². The first-order valence-corrected chi connectivity index (χ1v) is 8.88. The molecule has 7 nitrogen and oxygen atoms in total. The van der Waals surface area contributed by atoms with Gasteiger partial charge in [0.25, 0.3) is 0 Å². The molecule has 0 saturated carbocycles. The third-order valence-electron chi connectivity index (χ3n) is 4.58. The molecule has 1 N–H and O–H groups in total. The summed E-state index contributed by atoms with van der Waals surface area (Å²) in [5.41, 5.74) is 1.58. The van der Waals surface area contributed by atoms with Crippen LogP contribution in [0.5, 0.6) is 23.0 Å². The minimum Gasteiger partial charge on any atom is -0.497 e. The van der Waals surface area contributed by atoms with Crippen LogP contribution in [0, 0.1) is 0 Å². The maximum absolute atomic E-state index is 12.7. The van der Waals surface area contributed by atoms with Crippen LogP contribution in [0.4, 0.5) is 5.69 Å². The number of methoxy groups -OCH3 is 4. The van der Waals surface area contributed by atoms with E-state index < -0.39 is 0 Å². The Bertz CT molecular complexity index is 809. The lowest BCUT2D eigenvalue weighted by atomic mass is 10.1. The molecule has 0 spiro atoms. The van der Waals surface area contributed by atoms with Gasteiger partial charge in [-0.15, -0.1) is 0 Å². The van der Waals surface area contributed by atoms with E-state index in [2.05, 4.69) is 5.32 Å². The first kappa shape index (κ1) is 21.4. The second kappa shape index (κ2) is 9.85. The van der Waals surface area contributed by atoms with E-state index in [-0.39, 0.29) is 11.9 Å². The Labute approximate surface area is 166 Å². The van der Waals surface area contributed by atoms with E-state index in [4.69, 9.17) is 18.9 Å². The second-order valence-corrected chi connectivity index (χ2v) is 6.31. The van der Waals surface area contributed by atoms with Crippen molar-refractivity contribution in [3.8, 4) is 23.0 Å². The third-order valence-corrected chi connectivity index (χ3v) is 4.58. The molecule has 0 aliphatic rings. The molecule has 0 aliphatic carbocycles. The van der Waals surface area contributed by atoms with Gasteiger partial charge in [0.2, 0.25) is 11.7 Å². The van der Waals surface area contributed by atoms with E-state index in [0.29, 0.717) is 35.2 Å². The van der Waals surface area contributed by atoms with E-state index in [1.165, 1.54) is 0 Å². The topological polar surface area (TPSA) is 69.3 Å². The molecule has 152 valence electrons. The quantitative estimate of drug-likeness (QED) is 0.712. The van der Waals surface area contributed by atoms with Crippen LogP contribution in [0.1, 0.15) is 12.5 Å². The van der Waals surface area contributed by atoms with E-state index in [1.807, 2.05) is 49.2 Å². The molecule has 28 heavy (non-hydrogen) atoms. The lowest BCUT2D eigenvalue weighted by Gasteiger charge is -2.25. The minimum absolute atomic E-state index is 0.116. The monoisotopic (exact) mass is 388 g/mol. The van der Waals surface area contributed by atoms with Crippen molar-refractivity contribution in [1.82, 2.24) is 4.90 Å². The van der Waals surface area contributed by atoms with Crippen LogP contribution in [0.3, 0.4) is 0 Å². The molecule has 2 rings (SSSR count). The standard InChI is InChI=1S/C21H28N2O5/c1-14(21(24)22-16-8-7-9-17(12-16)25-3)23(2)13-15-10-11-18(26-4)20(28-6)19(15)27-5/h7-12,14H,13H2,1-6H3,(H,22,24). The molecule has 2 aromatic carbocycles. The zero-order valence-electron chi connectivity index (χ0n) is 17.2. The van der Waals surface area contributed by atoms with Crippen LogP contribution in [-0.2, 0) is 11.3 Å². The Morgan fingerprint density at radius 3 is 2.32 bits per heavy atom. The Morgan fingerprint density at radius 2 is 1.71 bits per heavy atom. The van der Waals surface area contributed by atoms with E-state index >= 15 is 0 Å². The first-order valence-electron chi connectivity index (χ1n) is 8.88. The summed E-state index contributed by atoms with van der Waals surface area (Å²) in [5, 5.41) is 2.92. The van der Waals surface area contributed by atoms with Crippen LogP contribution in [0.15, 0.2) is 36.4 Å². The lowest BCUT2D eigenvalue weighted by Crippen LogP contribution is -2.39. The van der Waals surface area contributed by atoms with Gasteiger partial charge in [-0.2, -0.15) is 0 Å². The number of rotatable bonds is 9. The van der Waals surface area contributed by atoms with Gasteiger partial charge in [0.15, 0.2) is 11.5 Å². The van der Waals surface area contributed by atoms with Crippen molar-refractivity contribution in [1.29, 1.82) is 0 Å². The summed E-state index contributed by atoms with van der Waals surface area (Å²) in [6, 6.07) is 10.6. The van der Waals surface area contributed by atoms with Crippen LogP contribution < -0.4 is 24.3 Å². The van der Waals surface area contributed by atoms with Gasteiger partial charge in [-0.3, -0.25) is 9.69 Å². The zero-order chi connectivity index (χ0) is 20.7. The second-order valence-electron chi connectivity index (χ2n) is 6.31. The molecule has 2 aromatic rings. The average molecular weight is 388 g/mol. The minimum atomic E-state index is -0.371. The van der Waals surface area contributed by atoms with Crippen molar-refractivity contribution < 1.29 is 23.7 Å². The largest absolute Gasteiger partial charge is 0.497 e. The normalized spacial score (nSPS) is 11.7. The molecule has 0 heterocycles. The molecule has 7 heteroatoms. The van der Waals surface area contributed by atoms with Crippen molar-refractivity contribution >= 4 is 11.6 Å². The lowest BCUT2D eigenvalue weighted by molar-refractivity contribution is -0.120. The predicted octanol–water partition coefficient (Wildman–Crippen LogP) is 3.18. The van der Waals surface area contributed by atoms with Crippen LogP contribution in [-0.4, -0.2) is 52.3 Å². The third kappa shape index (κ3) is 4.86. The number of carbonyl (C=O) groups excluding carboxylic acids is 1. The van der Waals surface area contributed by atoms with Gasteiger partial charge >= 0.3 is 0 Å². The van der Waals surface area contributed by atoms with Gasteiger partial charge in [0, 0.05) is 23.9 Å². The van der Waals surface area contributed by atoms with Crippen molar-refractivity contribution in [2.24, 2.45) is 0 Å². The number of amides is 1. The number of anilines is 1. The highest BCUT2D eigenvalue weighted by molar-refractivity contribution is 5.94. The predicted molar refractivity (Wildman–Crippen MR) is 109 cm³/mol. The molecule has 0 bridgehead atoms. The summed E-state index contributed by atoms with van der Waals surface area (Å²) in [5.74, 6) is 2.29. The summed E-state index contributed by atoms with van der Waals surface area (Å²) in [4.78, 5) is 14.6. The van der Waals surface area contributed by atoms with E-state index in [9.17, 15) is 4.79 Å². The van der Waals surface area contributed by atoms with Gasteiger partial charge in [-0.05, 0) is 32.2 Å². The summed E-state index contributed by atoms with van der Waals surface area (Å²) in [7, 11) is 8.20. The number of nitrogens with one attached hydrogen (secondary N) is 1. The van der Waals surface area contributed by atoms with Crippen molar-refractivity contribution in [3.05, 3.63) is 42.0 Å². The smallest absolute Gasteiger partial charge is 0.241 e. The van der Waals surface area contributed by atoms with Crippen molar-refractivity contribution in [2.75, 3.05) is 40.8 Å². The van der Waals surface area contributed by atoms with Gasteiger partial charge in [-0.1, -0.05) is 12.1 Å². The molecule has 0 aromatic heterocycles. The van der Waals surface area contributed by atoms with Gasteiger partial charge in [-0.25, -0.2) is 0 Å². The fraction of sp³-hybridized carbons (Fsp3) is 0.381. The molecule has 0 aliphatic heterocycles. The number of benzene rings is 2. The van der Waals surface area contributed by atoms with E-state index in [1.54, 1.807) is 34.5 Å². The number of likely N-dealkylation sites (N-methyl/N-ethyl adjacent to an activating group) is 1. The summed E-state index contributed by atoms with van der Waals surface area (Å²) in [6.07, 6.45) is 0. The first-order chi connectivity index (χ1) is 13.4. The van der Waals surface area contributed by atoms with Gasteiger partial charge in [0.1, 0.15) is 5.75 Å². The molecular formula is C21H28N2O5. The maximum atomic E-state index is 12.7. The Morgan fingerprint density at radius 1 is 1.00 bits per heavy atom. The van der Waals surface area contributed by atoms with Crippen LogP contribution in [0.2, 0.25) is 0 Å². The number of hydrogen-bond acceptors (Lipinski definition) is 6. The average Bonchev–Trinajstić information content (AvgIpc) is 2.72. The molecule has 1 amide bonds. The fourth-order valence-corrected chi connectivity index (χ4v) is 2.84. The molecule has 1 unspecified atom stereocenters. The summed E-state index contributed by atoms with van der Waals surface area (Å²) < 4.78 is 21.5. The van der Waals surface area contributed by atoms with E-state index in [0.717, 1.165) is 5.56 Å². The summed E-state index contributed by atoms with van der Waals surface area (Å²) in [6.45, 7) is 2.35. The van der Waals surface area contributed by atoms with Gasteiger partial charge in [0.05, 0.1) is 34.5 Å². The highest BCUT2D eigenvalue weighted by Crippen LogP contribution is 2.40. The molecule has 0 saturated heterocycles. The number of ether oxygens (including phenoxy) is 4. The highest BCUT2D eigenvalue weighted by Gasteiger charge is 2.22. The maximum Gasteiger partial charge on any atom is 0.241 e. The number of nitrogens with zero attached hydrogens (tertiary/aromatic N) is 1. The Hall–Kier alpha value is -2.93. The Balaban J connectivity index is 2.13. The summed E-state index contributed by atoms with van der Waals surface area (Å²) >= 11 is 0. The van der Waals surface area contributed by atoms with Crippen molar-refractivity contribution in [3.63, 3.8) is 0 Å². The molecule has 0 fully saturated rings. The molecular weight excluding hydrogens is 360 g/mol. The number of hydrogen-bond donors (Lipinski definition) is 1. The SMILES string of the molecule is COc1cccc(NC(=O)C(C)N(C)Cc2ccc(OC)c(OC)c2OC)c1. The fourth-order valence-electron chi connectivity index (χ4n) is 2.84. The van der Waals surface area contributed by atoms with Crippen LogP contribution in [0.25, 0.3) is 0 Å². The van der Waals surface area contributed by atoms with Crippen LogP contribution >= 0.6 is 0 Å². The molecule has 0 radical (unpaired) electrons. The Kier molecular flexibility index (Phi) is 7.52.